The average molecular weight is 489 g/mol. The van der Waals surface area contributed by atoms with Crippen LogP contribution in [0.5, 0.6) is 5.75 Å². The summed E-state index contributed by atoms with van der Waals surface area (Å²) in [7, 11) is 0. The molecule has 0 amide bonds. The van der Waals surface area contributed by atoms with Gasteiger partial charge in [0, 0.05) is 67.7 Å². The van der Waals surface area contributed by atoms with Gasteiger partial charge in [-0.3, -0.25) is 14.5 Å². The van der Waals surface area contributed by atoms with Crippen molar-refractivity contribution in [3.05, 3.63) is 24.0 Å². The summed E-state index contributed by atoms with van der Waals surface area (Å²) in [6, 6.07) is 5.24. The van der Waals surface area contributed by atoms with Gasteiger partial charge in [0.15, 0.2) is 11.6 Å². The van der Waals surface area contributed by atoms with Gasteiger partial charge in [0.05, 0.1) is 5.69 Å². The van der Waals surface area contributed by atoms with Gasteiger partial charge in [-0.05, 0) is 64.0 Å². The van der Waals surface area contributed by atoms with Gasteiger partial charge in [-0.25, -0.2) is 4.98 Å². The number of anilines is 1. The molecule has 0 aromatic carbocycles. The van der Waals surface area contributed by atoms with Gasteiger partial charge < -0.3 is 10.5 Å². The second kappa shape index (κ2) is 9.65. The molecule has 1 saturated heterocycles. The highest BCUT2D eigenvalue weighted by atomic mass is 19.3. The van der Waals surface area contributed by atoms with E-state index in [0.29, 0.717) is 35.4 Å². The molecular formula is C26H38F2N6O. The van der Waals surface area contributed by atoms with E-state index < -0.39 is 6.61 Å². The molecule has 2 N–H and O–H groups in total. The summed E-state index contributed by atoms with van der Waals surface area (Å²) >= 11 is 0. The van der Waals surface area contributed by atoms with Crippen LogP contribution in [0.2, 0.25) is 0 Å². The second-order valence-electron chi connectivity index (χ2n) is 10.8. The normalized spacial score (nSPS) is 28.0. The van der Waals surface area contributed by atoms with E-state index in [9.17, 15) is 8.78 Å². The Bertz CT molecular complexity index is 1020. The van der Waals surface area contributed by atoms with Crippen molar-refractivity contribution in [2.45, 2.75) is 77.6 Å². The first-order valence-corrected chi connectivity index (χ1v) is 13.0. The monoisotopic (exact) mass is 488 g/mol. The molecule has 2 aromatic rings. The number of fused-ring (bicyclic) bond motifs is 1. The Morgan fingerprint density at radius 3 is 2.37 bits per heavy atom. The third kappa shape index (κ3) is 4.77. The Morgan fingerprint density at radius 2 is 1.77 bits per heavy atom. The predicted molar refractivity (Wildman–Crippen MR) is 133 cm³/mol. The lowest BCUT2D eigenvalue weighted by Crippen LogP contribution is -2.51. The molecular weight excluding hydrogens is 450 g/mol. The van der Waals surface area contributed by atoms with Crippen molar-refractivity contribution < 1.29 is 13.5 Å². The summed E-state index contributed by atoms with van der Waals surface area (Å²) < 4.78 is 32.3. The van der Waals surface area contributed by atoms with Crippen molar-refractivity contribution in [3.8, 4) is 17.0 Å². The molecule has 0 bridgehead atoms. The summed E-state index contributed by atoms with van der Waals surface area (Å²) in [5.41, 5.74) is 8.38. The van der Waals surface area contributed by atoms with E-state index in [-0.39, 0.29) is 17.6 Å². The minimum atomic E-state index is -2.95. The van der Waals surface area contributed by atoms with Gasteiger partial charge >= 0.3 is 6.61 Å². The molecule has 7 nitrogen and oxygen atoms in total. The van der Waals surface area contributed by atoms with Crippen LogP contribution in [0, 0.1) is 11.8 Å². The number of piperazine rings is 1. The van der Waals surface area contributed by atoms with E-state index in [4.69, 9.17) is 10.8 Å². The number of halogens is 2. The van der Waals surface area contributed by atoms with Crippen LogP contribution in [0.3, 0.4) is 0 Å². The zero-order chi connectivity index (χ0) is 24.9. The second-order valence-corrected chi connectivity index (χ2v) is 10.8. The van der Waals surface area contributed by atoms with E-state index in [1.165, 1.54) is 50.8 Å². The Labute approximate surface area is 206 Å². The molecule has 3 fully saturated rings. The molecule has 2 aliphatic carbocycles. The first-order chi connectivity index (χ1) is 16.8. The van der Waals surface area contributed by atoms with Crippen molar-refractivity contribution in [1.29, 1.82) is 0 Å². The summed E-state index contributed by atoms with van der Waals surface area (Å²) in [6.07, 6.45) is 5.07. The summed E-state index contributed by atoms with van der Waals surface area (Å²) in [4.78, 5) is 9.36. The van der Waals surface area contributed by atoms with Gasteiger partial charge in [-0.15, -0.1) is 0 Å². The van der Waals surface area contributed by atoms with E-state index >= 15 is 0 Å². The molecule has 3 heterocycles. The highest BCUT2D eigenvalue weighted by molar-refractivity contribution is 5.64. The van der Waals surface area contributed by atoms with Crippen molar-refractivity contribution in [2.75, 3.05) is 31.9 Å². The van der Waals surface area contributed by atoms with Gasteiger partial charge in [-0.1, -0.05) is 6.92 Å². The molecule has 0 spiro atoms. The third-order valence-electron chi connectivity index (χ3n) is 8.52. The average Bonchev–Trinajstić information content (AvgIpc) is 3.16. The maximum atomic E-state index is 12.8. The largest absolute Gasteiger partial charge is 0.431 e. The predicted octanol–water partition coefficient (Wildman–Crippen LogP) is 4.62. The lowest BCUT2D eigenvalue weighted by molar-refractivity contribution is -0.0494. The first-order valence-electron chi connectivity index (χ1n) is 13.0. The van der Waals surface area contributed by atoms with Crippen LogP contribution in [0.15, 0.2) is 18.3 Å². The standard InChI is InChI=1S/C26H38F2N6O/c1-5-16(4)34-22(13-21(31-34)17-10-23(35-26(27)28)25(29)30-14-17)24-19-11-18(12-20(19)24)33-8-6-32(7-9-33)15(2)3/h10,13-16,18-20,24,26H,5-9,11-12H2,1-4H3,(H2,29,30). The van der Waals surface area contributed by atoms with Crippen LogP contribution in [0.1, 0.15) is 64.6 Å². The van der Waals surface area contributed by atoms with Gasteiger partial charge in [0.25, 0.3) is 0 Å². The van der Waals surface area contributed by atoms with Crippen molar-refractivity contribution in [3.63, 3.8) is 0 Å². The van der Waals surface area contributed by atoms with Crippen molar-refractivity contribution >= 4 is 5.82 Å². The Balaban J connectivity index is 1.31. The number of ether oxygens (including phenoxy) is 1. The maximum absolute atomic E-state index is 12.8. The molecule has 2 saturated carbocycles. The third-order valence-corrected chi connectivity index (χ3v) is 8.52. The van der Waals surface area contributed by atoms with Crippen LogP contribution >= 0.6 is 0 Å². The molecule has 9 heteroatoms. The first kappa shape index (κ1) is 24.4. The lowest BCUT2D eigenvalue weighted by atomic mass is 10.0. The van der Waals surface area contributed by atoms with Crippen molar-refractivity contribution in [1.82, 2.24) is 24.6 Å². The molecule has 192 valence electrons. The zero-order valence-corrected chi connectivity index (χ0v) is 21.2. The molecule has 35 heavy (non-hydrogen) atoms. The fourth-order valence-electron chi connectivity index (χ4n) is 6.28. The van der Waals surface area contributed by atoms with Gasteiger partial charge in [0.1, 0.15) is 0 Å². The number of hydrogen-bond donors (Lipinski definition) is 1. The molecule has 1 aliphatic heterocycles. The van der Waals surface area contributed by atoms with Crippen LogP contribution in [0.25, 0.3) is 11.3 Å². The summed E-state index contributed by atoms with van der Waals surface area (Å²) in [5, 5.41) is 4.90. The molecule has 2 aromatic heterocycles. The SMILES string of the molecule is CCC(C)n1nc(-c2cnc(N)c(OC(F)F)c2)cc1C1C2CC(N3CCN(C(C)C)CC3)CC21. The molecule has 5 rings (SSSR count). The number of pyridine rings is 1. The smallest absolute Gasteiger partial charge is 0.387 e. The number of nitrogens with zero attached hydrogens (tertiary/aromatic N) is 5. The number of rotatable bonds is 8. The summed E-state index contributed by atoms with van der Waals surface area (Å²) in [5.74, 6) is 1.78. The fraction of sp³-hybridized carbons (Fsp3) is 0.692. The number of nitrogens with two attached hydrogens (primary N) is 1. The maximum Gasteiger partial charge on any atom is 0.387 e. The quantitative estimate of drug-likeness (QED) is 0.585. The van der Waals surface area contributed by atoms with Crippen LogP contribution < -0.4 is 10.5 Å². The highest BCUT2D eigenvalue weighted by Gasteiger charge is 2.58. The van der Waals surface area contributed by atoms with Crippen LogP contribution in [-0.2, 0) is 0 Å². The molecule has 3 atom stereocenters. The number of aromatic nitrogens is 3. The van der Waals surface area contributed by atoms with Crippen LogP contribution in [0.4, 0.5) is 14.6 Å². The highest BCUT2D eigenvalue weighted by Crippen LogP contribution is 2.64. The van der Waals surface area contributed by atoms with E-state index in [1.807, 2.05) is 0 Å². The summed E-state index contributed by atoms with van der Waals surface area (Å²) in [6.45, 7) is 10.7. The van der Waals surface area contributed by atoms with E-state index in [0.717, 1.165) is 12.1 Å². The minimum Gasteiger partial charge on any atom is -0.431 e. The van der Waals surface area contributed by atoms with Crippen molar-refractivity contribution in [2.24, 2.45) is 11.8 Å². The molecule has 0 radical (unpaired) electrons. The zero-order valence-electron chi connectivity index (χ0n) is 21.2. The number of nitrogen functional groups attached to an aromatic ring is 1. The van der Waals surface area contributed by atoms with Gasteiger partial charge in [0.2, 0.25) is 0 Å². The van der Waals surface area contributed by atoms with Crippen LogP contribution in [-0.4, -0.2) is 69.4 Å². The number of alkyl halides is 2. The van der Waals surface area contributed by atoms with Gasteiger partial charge in [-0.2, -0.15) is 13.9 Å². The lowest BCUT2D eigenvalue weighted by Gasteiger charge is -2.40. The van der Waals surface area contributed by atoms with E-state index in [1.54, 1.807) is 6.20 Å². The van der Waals surface area contributed by atoms with E-state index in [2.05, 4.69) is 58.0 Å². The Morgan fingerprint density at radius 1 is 1.09 bits per heavy atom. The number of hydrogen-bond acceptors (Lipinski definition) is 6. The molecule has 3 aliphatic rings. The molecule has 3 unspecified atom stereocenters. The fourth-order valence-corrected chi connectivity index (χ4v) is 6.28. The Kier molecular flexibility index (Phi) is 6.74. The minimum absolute atomic E-state index is 0.0485. The topological polar surface area (TPSA) is 72.4 Å². The Hall–Kier alpha value is -2.26.